The van der Waals surface area contributed by atoms with Crippen molar-refractivity contribution in [1.82, 2.24) is 0 Å². The molecule has 3 aromatic carbocycles. The zero-order valence-corrected chi connectivity index (χ0v) is 23.0. The smallest absolute Gasteiger partial charge is 0.124 e. The van der Waals surface area contributed by atoms with Crippen LogP contribution in [0.3, 0.4) is 0 Å². The minimum Gasteiger partial charge on any atom is -0.496 e. The van der Waals surface area contributed by atoms with Gasteiger partial charge in [-0.15, -0.1) is 0 Å². The van der Waals surface area contributed by atoms with Crippen LogP contribution in [0.5, 0.6) is 5.75 Å². The Morgan fingerprint density at radius 1 is 0.775 bits per heavy atom. The van der Waals surface area contributed by atoms with Crippen molar-refractivity contribution >= 4 is 5.57 Å². The average Bonchev–Trinajstić information content (AvgIpc) is 3.01. The number of aliphatic hydroxyl groups excluding tert-OH is 3. The predicted molar refractivity (Wildman–Crippen MR) is 155 cm³/mol. The van der Waals surface area contributed by atoms with Crippen molar-refractivity contribution in [2.45, 2.75) is 18.8 Å². The highest BCUT2D eigenvalue weighted by Crippen LogP contribution is 2.31. The Kier molecular flexibility index (Phi) is 11.1. The van der Waals surface area contributed by atoms with E-state index in [1.165, 1.54) is 0 Å². The number of hydrogen-bond acceptors (Lipinski definition) is 7. The molecule has 4 rings (SSSR count). The van der Waals surface area contributed by atoms with Gasteiger partial charge in [-0.3, -0.25) is 0 Å². The third-order valence-electron chi connectivity index (χ3n) is 6.99. The average molecular weight is 547 g/mol. The van der Waals surface area contributed by atoms with E-state index >= 15 is 0 Å². The van der Waals surface area contributed by atoms with Gasteiger partial charge in [-0.05, 0) is 45.5 Å². The Morgan fingerprint density at radius 3 is 2.02 bits per heavy atom. The standard InChI is InChI=1S/C33H38O7/c1-37-31-13-11-27(19-29(31)21-39-17-15-34)23-3-7-25(8-4-23)33(36)26-9-5-24(6-10-26)28-12-14-32(38-2)30(20-28)22-40-18-16-35/h3-14,19-20,29,31,33-36H,15-18,21-22H2,1-2H3. The van der Waals surface area contributed by atoms with Gasteiger partial charge in [-0.2, -0.15) is 0 Å². The molecule has 0 saturated heterocycles. The summed E-state index contributed by atoms with van der Waals surface area (Å²) in [5.74, 6) is 0.788. The molecule has 1 aliphatic rings. The summed E-state index contributed by atoms with van der Waals surface area (Å²) in [5, 5.41) is 29.1. The number of hydrogen-bond donors (Lipinski definition) is 3. The summed E-state index contributed by atoms with van der Waals surface area (Å²) in [5.41, 5.74) is 6.65. The van der Waals surface area contributed by atoms with Crippen LogP contribution >= 0.6 is 0 Å². The predicted octanol–water partition coefficient (Wildman–Crippen LogP) is 4.55. The van der Waals surface area contributed by atoms with Crippen molar-refractivity contribution < 1.29 is 34.3 Å². The first-order valence-electron chi connectivity index (χ1n) is 13.4. The molecule has 3 aromatic rings. The Hall–Kier alpha value is -3.30. The van der Waals surface area contributed by atoms with E-state index in [-0.39, 0.29) is 31.8 Å². The highest BCUT2D eigenvalue weighted by Gasteiger charge is 2.22. The summed E-state index contributed by atoms with van der Waals surface area (Å²) in [7, 11) is 3.30. The molecule has 0 saturated carbocycles. The van der Waals surface area contributed by atoms with Crippen molar-refractivity contribution in [3.63, 3.8) is 0 Å². The number of allylic oxidation sites excluding steroid dienone is 2. The highest BCUT2D eigenvalue weighted by molar-refractivity contribution is 5.75. The quantitative estimate of drug-likeness (QED) is 0.255. The lowest BCUT2D eigenvalue weighted by molar-refractivity contribution is 0.0299. The molecule has 212 valence electrons. The van der Waals surface area contributed by atoms with Crippen molar-refractivity contribution in [3.05, 3.63) is 107 Å². The lowest BCUT2D eigenvalue weighted by Gasteiger charge is -2.25. The first kappa shape index (κ1) is 29.7. The van der Waals surface area contributed by atoms with Gasteiger partial charge in [0.1, 0.15) is 11.9 Å². The zero-order chi connectivity index (χ0) is 28.3. The molecule has 0 bridgehead atoms. The fraction of sp³-hybridized carbons (Fsp3) is 0.333. The molecule has 40 heavy (non-hydrogen) atoms. The van der Waals surface area contributed by atoms with Gasteiger partial charge in [0.05, 0.1) is 52.9 Å². The molecule has 3 unspecified atom stereocenters. The molecular weight excluding hydrogens is 508 g/mol. The molecule has 3 atom stereocenters. The molecule has 0 amide bonds. The van der Waals surface area contributed by atoms with Gasteiger partial charge >= 0.3 is 0 Å². The van der Waals surface area contributed by atoms with Gasteiger partial charge in [0, 0.05) is 18.6 Å². The molecule has 1 aliphatic carbocycles. The second-order valence-corrected chi connectivity index (χ2v) is 9.59. The first-order valence-corrected chi connectivity index (χ1v) is 13.4. The molecule has 0 aromatic heterocycles. The van der Waals surface area contributed by atoms with E-state index in [0.29, 0.717) is 19.8 Å². The second-order valence-electron chi connectivity index (χ2n) is 9.59. The summed E-state index contributed by atoms with van der Waals surface area (Å²) in [4.78, 5) is 0. The van der Waals surface area contributed by atoms with E-state index in [9.17, 15) is 5.11 Å². The fourth-order valence-electron chi connectivity index (χ4n) is 4.82. The summed E-state index contributed by atoms with van der Waals surface area (Å²) in [6.07, 6.45) is 5.38. The molecule has 7 heteroatoms. The number of methoxy groups -OCH3 is 2. The van der Waals surface area contributed by atoms with Gasteiger partial charge < -0.3 is 34.3 Å². The number of ether oxygens (including phenoxy) is 4. The number of rotatable bonds is 14. The number of benzene rings is 3. The second kappa shape index (κ2) is 14.9. The molecule has 0 fully saturated rings. The van der Waals surface area contributed by atoms with E-state index in [1.54, 1.807) is 14.2 Å². The van der Waals surface area contributed by atoms with Crippen LogP contribution in [0.15, 0.2) is 85.0 Å². The summed E-state index contributed by atoms with van der Waals surface area (Å²) >= 11 is 0. The maximum atomic E-state index is 11.1. The Balaban J connectivity index is 1.45. The SMILES string of the molecule is COc1ccc(-c2ccc(C(O)c3ccc(C4=CC(COCCO)C(OC)C=C4)cc3)cc2)cc1COCCO. The minimum atomic E-state index is -0.755. The van der Waals surface area contributed by atoms with Gasteiger partial charge in [0.2, 0.25) is 0 Å². The van der Waals surface area contributed by atoms with Crippen LogP contribution in [0, 0.1) is 5.92 Å². The topological polar surface area (TPSA) is 97.6 Å². The maximum absolute atomic E-state index is 11.1. The summed E-state index contributed by atoms with van der Waals surface area (Å²) in [6, 6.07) is 21.7. The van der Waals surface area contributed by atoms with Crippen LogP contribution in [0.4, 0.5) is 0 Å². The van der Waals surface area contributed by atoms with Crippen LogP contribution in [-0.4, -0.2) is 68.7 Å². The monoisotopic (exact) mass is 546 g/mol. The zero-order valence-electron chi connectivity index (χ0n) is 23.0. The van der Waals surface area contributed by atoms with E-state index in [0.717, 1.165) is 44.7 Å². The van der Waals surface area contributed by atoms with Crippen LogP contribution in [0.1, 0.15) is 28.4 Å². The van der Waals surface area contributed by atoms with Gasteiger partial charge in [0.25, 0.3) is 0 Å². The normalized spacial score (nSPS) is 17.5. The largest absolute Gasteiger partial charge is 0.496 e. The van der Waals surface area contributed by atoms with E-state index < -0.39 is 6.10 Å². The first-order chi connectivity index (χ1) is 19.6. The van der Waals surface area contributed by atoms with Crippen molar-refractivity contribution in [1.29, 1.82) is 0 Å². The molecule has 3 N–H and O–H groups in total. The van der Waals surface area contributed by atoms with E-state index in [1.807, 2.05) is 78.9 Å². The Morgan fingerprint density at radius 2 is 1.40 bits per heavy atom. The molecule has 7 nitrogen and oxygen atoms in total. The molecule has 0 radical (unpaired) electrons. The van der Waals surface area contributed by atoms with E-state index in [2.05, 4.69) is 6.08 Å². The Labute approximate surface area is 235 Å². The molecule has 0 aliphatic heterocycles. The minimum absolute atomic E-state index is 0.00668. The third-order valence-corrected chi connectivity index (χ3v) is 6.99. The van der Waals surface area contributed by atoms with Crippen LogP contribution in [-0.2, 0) is 20.8 Å². The molecule has 0 spiro atoms. The lowest BCUT2D eigenvalue weighted by atomic mass is 9.89. The van der Waals surface area contributed by atoms with E-state index in [4.69, 9.17) is 29.2 Å². The number of aliphatic hydroxyl groups is 3. The summed E-state index contributed by atoms with van der Waals surface area (Å²) in [6.45, 7) is 1.35. The highest BCUT2D eigenvalue weighted by atomic mass is 16.5. The molecular formula is C33H38O7. The van der Waals surface area contributed by atoms with Crippen LogP contribution in [0.25, 0.3) is 16.7 Å². The van der Waals surface area contributed by atoms with Gasteiger partial charge in [0.15, 0.2) is 0 Å². The van der Waals surface area contributed by atoms with Crippen LogP contribution in [0.2, 0.25) is 0 Å². The summed E-state index contributed by atoms with van der Waals surface area (Å²) < 4.78 is 22.1. The third kappa shape index (κ3) is 7.46. The molecule has 0 heterocycles. The lowest BCUT2D eigenvalue weighted by Crippen LogP contribution is -2.26. The fourth-order valence-corrected chi connectivity index (χ4v) is 4.82. The van der Waals surface area contributed by atoms with Crippen molar-refractivity contribution in [3.8, 4) is 16.9 Å². The van der Waals surface area contributed by atoms with Crippen LogP contribution < -0.4 is 4.74 Å². The van der Waals surface area contributed by atoms with Crippen molar-refractivity contribution in [2.24, 2.45) is 5.92 Å². The van der Waals surface area contributed by atoms with Gasteiger partial charge in [-0.1, -0.05) is 72.8 Å². The van der Waals surface area contributed by atoms with Gasteiger partial charge in [-0.25, -0.2) is 0 Å². The Bertz CT molecular complexity index is 1260. The van der Waals surface area contributed by atoms with Crippen molar-refractivity contribution in [2.75, 3.05) is 47.3 Å². The maximum Gasteiger partial charge on any atom is 0.124 e.